The Bertz CT molecular complexity index is 377. The average molecular weight is 249 g/mol. The molecule has 0 fully saturated rings. The summed E-state index contributed by atoms with van der Waals surface area (Å²) in [6, 6.07) is 0. The first kappa shape index (κ1) is 13.5. The van der Waals surface area contributed by atoms with E-state index in [0.29, 0.717) is 0 Å². The molecule has 0 heterocycles. The molecule has 0 amide bonds. The molecule has 0 saturated heterocycles. The fourth-order valence-electron chi connectivity index (χ4n) is 0.516. The molecule has 1 atom stereocenters. The minimum atomic E-state index is -5.69. The first-order valence-corrected chi connectivity index (χ1v) is 6.07. The highest BCUT2D eigenvalue weighted by molar-refractivity contribution is 7.86. The largest absolute Gasteiger partial charge is 0.546 e. The quantitative estimate of drug-likeness (QED) is 0.291. The van der Waals surface area contributed by atoms with Crippen molar-refractivity contribution in [1.82, 2.24) is 0 Å². The van der Waals surface area contributed by atoms with Crippen LogP contribution in [0, 0.1) is 0 Å². The van der Waals surface area contributed by atoms with E-state index in [1.54, 1.807) is 0 Å². The van der Waals surface area contributed by atoms with Crippen LogP contribution in [0.15, 0.2) is 0 Å². The minimum Gasteiger partial charge on any atom is -0.546 e. The number of hydrogen-bond acceptors (Lipinski definition) is 6. The third-order valence-corrected chi connectivity index (χ3v) is 3.49. The number of aliphatic carboxylic acids is 1. The second-order valence-electron chi connectivity index (χ2n) is 2.37. The van der Waals surface area contributed by atoms with Crippen molar-refractivity contribution in [2.24, 2.45) is 0 Å². The van der Waals surface area contributed by atoms with Crippen molar-refractivity contribution in [1.29, 1.82) is 0 Å². The number of carboxylic acids is 1. The van der Waals surface area contributed by atoms with Gasteiger partial charge in [0.15, 0.2) is 0 Å². The van der Waals surface area contributed by atoms with Crippen molar-refractivity contribution in [3.63, 3.8) is 0 Å². The van der Waals surface area contributed by atoms with Crippen LogP contribution >= 0.6 is 7.60 Å². The Kier molecular flexibility index (Phi) is 3.44. The van der Waals surface area contributed by atoms with Crippen molar-refractivity contribution in [3.05, 3.63) is 0 Å². The fourth-order valence-corrected chi connectivity index (χ4v) is 2.54. The van der Waals surface area contributed by atoms with Crippen molar-refractivity contribution in [3.8, 4) is 0 Å². The van der Waals surface area contributed by atoms with Crippen LogP contribution < -0.4 is 5.11 Å². The Labute approximate surface area is 77.9 Å². The molecule has 0 aromatic carbocycles. The second kappa shape index (κ2) is 3.57. The molecule has 0 rings (SSSR count). The third-order valence-electron chi connectivity index (χ3n) is 1.19. The van der Waals surface area contributed by atoms with Gasteiger partial charge < -0.3 is 24.8 Å². The van der Waals surface area contributed by atoms with Crippen LogP contribution in [-0.4, -0.2) is 44.9 Å². The predicted molar refractivity (Wildman–Crippen MR) is 38.4 cm³/mol. The highest BCUT2D eigenvalue weighted by Gasteiger charge is 2.50. The van der Waals surface area contributed by atoms with Crippen LogP contribution in [0.5, 0.6) is 0 Å². The number of rotatable bonds is 4. The van der Waals surface area contributed by atoms with Gasteiger partial charge in [-0.25, -0.2) is 0 Å². The molecular formula is C3H6O9PS-. The lowest BCUT2D eigenvalue weighted by atomic mass is 10.4. The Hall–Kier alpha value is -0.510. The monoisotopic (exact) mass is 249 g/mol. The fraction of sp³-hybridized carbons (Fsp3) is 0.667. The van der Waals surface area contributed by atoms with Crippen molar-refractivity contribution < 1.29 is 42.3 Å². The summed E-state index contributed by atoms with van der Waals surface area (Å²) in [5, 5.41) is 15.0. The van der Waals surface area contributed by atoms with E-state index in [2.05, 4.69) is 0 Å². The Morgan fingerprint density at radius 3 is 1.86 bits per heavy atom. The highest BCUT2D eigenvalue weighted by Crippen LogP contribution is 2.49. The maximum Gasteiger partial charge on any atom is 0.363 e. The van der Waals surface area contributed by atoms with Gasteiger partial charge in [0.2, 0.25) is 5.34 Å². The summed E-state index contributed by atoms with van der Waals surface area (Å²) in [5.41, 5.74) is 0. The summed E-state index contributed by atoms with van der Waals surface area (Å²) in [7, 11) is -10.8. The van der Waals surface area contributed by atoms with E-state index < -0.39 is 34.8 Å². The molecule has 0 saturated carbocycles. The highest BCUT2D eigenvalue weighted by atomic mass is 32.2. The smallest absolute Gasteiger partial charge is 0.363 e. The lowest BCUT2D eigenvalue weighted by molar-refractivity contribution is -0.317. The van der Waals surface area contributed by atoms with Gasteiger partial charge in [-0.3, -0.25) is 9.12 Å². The van der Waals surface area contributed by atoms with E-state index in [0.717, 1.165) is 0 Å². The van der Waals surface area contributed by atoms with E-state index in [9.17, 15) is 22.9 Å². The third kappa shape index (κ3) is 3.01. The van der Waals surface area contributed by atoms with Crippen molar-refractivity contribution in [2.75, 3.05) is 5.75 Å². The van der Waals surface area contributed by atoms with Gasteiger partial charge in [-0.05, 0) is 0 Å². The molecule has 0 aromatic heterocycles. The maximum absolute atomic E-state index is 10.4. The van der Waals surface area contributed by atoms with Gasteiger partial charge in [0, 0.05) is 0 Å². The molecule has 11 heteroatoms. The van der Waals surface area contributed by atoms with Gasteiger partial charge in [-0.2, -0.15) is 8.42 Å². The zero-order chi connectivity index (χ0) is 11.8. The molecule has 0 spiro atoms. The zero-order valence-electron chi connectivity index (χ0n) is 6.39. The number of aliphatic hydroxyl groups is 1. The topological polar surface area (TPSA) is 172 Å². The molecule has 0 aliphatic heterocycles. The average Bonchev–Trinajstić information content (AvgIpc) is 1.79. The van der Waals surface area contributed by atoms with E-state index in [4.69, 9.17) is 19.4 Å². The number of carboxylic acid groups (broad SMARTS) is 1. The Morgan fingerprint density at radius 2 is 1.79 bits per heavy atom. The zero-order valence-corrected chi connectivity index (χ0v) is 8.10. The van der Waals surface area contributed by atoms with Crippen LogP contribution in [0.3, 0.4) is 0 Å². The lowest BCUT2D eigenvalue weighted by Gasteiger charge is -2.27. The van der Waals surface area contributed by atoms with Crippen LogP contribution in [0.1, 0.15) is 0 Å². The first-order chi connectivity index (χ1) is 5.90. The normalized spacial score (nSPS) is 17.4. The van der Waals surface area contributed by atoms with Gasteiger partial charge in [-0.15, -0.1) is 0 Å². The summed E-state index contributed by atoms with van der Waals surface area (Å²) in [6.07, 6.45) is 0. The van der Waals surface area contributed by atoms with Gasteiger partial charge in [-0.1, -0.05) is 0 Å². The maximum atomic E-state index is 10.4. The lowest BCUT2D eigenvalue weighted by Crippen LogP contribution is -2.52. The molecule has 0 aliphatic carbocycles. The Balaban J connectivity index is 5.37. The van der Waals surface area contributed by atoms with Gasteiger partial charge in [0.25, 0.3) is 10.1 Å². The van der Waals surface area contributed by atoms with Gasteiger partial charge in [0.1, 0.15) is 5.75 Å². The van der Waals surface area contributed by atoms with Crippen molar-refractivity contribution in [2.45, 2.75) is 5.34 Å². The molecule has 9 nitrogen and oxygen atoms in total. The molecule has 0 aromatic rings. The summed E-state index contributed by atoms with van der Waals surface area (Å²) in [6.45, 7) is 0. The minimum absolute atomic E-state index is 2.05. The molecule has 0 aliphatic rings. The van der Waals surface area contributed by atoms with Crippen LogP contribution in [-0.2, 0) is 19.5 Å². The van der Waals surface area contributed by atoms with E-state index in [1.807, 2.05) is 0 Å². The molecule has 14 heavy (non-hydrogen) atoms. The van der Waals surface area contributed by atoms with Crippen molar-refractivity contribution >= 4 is 23.7 Å². The van der Waals surface area contributed by atoms with E-state index in [1.165, 1.54) is 0 Å². The van der Waals surface area contributed by atoms with Crippen LogP contribution in [0.4, 0.5) is 0 Å². The predicted octanol–water partition coefficient (Wildman–Crippen LogP) is -3.51. The molecule has 0 radical (unpaired) electrons. The number of hydrogen-bond donors (Lipinski definition) is 4. The molecule has 0 bridgehead atoms. The molecule has 4 N–H and O–H groups in total. The first-order valence-electron chi connectivity index (χ1n) is 2.85. The van der Waals surface area contributed by atoms with Gasteiger partial charge in [0.05, 0.1) is 5.97 Å². The Morgan fingerprint density at radius 1 is 1.43 bits per heavy atom. The number of carbonyl (C=O) groups excluding carboxylic acids is 1. The summed E-state index contributed by atoms with van der Waals surface area (Å²) in [5.74, 6) is -4.74. The van der Waals surface area contributed by atoms with Crippen LogP contribution in [0.2, 0.25) is 0 Å². The summed E-state index contributed by atoms with van der Waals surface area (Å²) >= 11 is 0. The van der Waals surface area contributed by atoms with Gasteiger partial charge >= 0.3 is 7.60 Å². The number of carbonyl (C=O) groups is 1. The second-order valence-corrected chi connectivity index (χ2v) is 5.65. The molecular weight excluding hydrogens is 243 g/mol. The van der Waals surface area contributed by atoms with E-state index in [-0.39, 0.29) is 0 Å². The van der Waals surface area contributed by atoms with Crippen LogP contribution in [0.25, 0.3) is 0 Å². The SMILES string of the molecule is O=C([O-])C(O)(CS(=O)(=O)O)P(=O)(O)O. The molecule has 84 valence electrons. The standard InChI is InChI=1S/C3H7O9PS/c4-2(5)3(6,13(7,8)9)1-14(10,11)12/h6H,1H2,(H,4,5)(H2,7,8,9)(H,10,11,12)/p-1. The van der Waals surface area contributed by atoms with E-state index >= 15 is 0 Å². The summed E-state index contributed by atoms with van der Waals surface area (Å²) < 4.78 is 38.9. The molecule has 1 unspecified atom stereocenters. The summed E-state index contributed by atoms with van der Waals surface area (Å²) in [4.78, 5) is 26.8.